The quantitative estimate of drug-likeness (QED) is 0.811. The van der Waals surface area contributed by atoms with E-state index in [1.54, 1.807) is 0 Å². The predicted octanol–water partition coefficient (Wildman–Crippen LogP) is 2.16. The molecule has 3 heteroatoms. The normalized spacial score (nSPS) is 39.7. The van der Waals surface area contributed by atoms with Crippen LogP contribution in [0.4, 0.5) is 0 Å². The predicted molar refractivity (Wildman–Crippen MR) is 73.8 cm³/mol. The molecule has 104 valence electrons. The molecule has 0 radical (unpaired) electrons. The third-order valence-corrected chi connectivity index (χ3v) is 4.94. The summed E-state index contributed by atoms with van der Waals surface area (Å²) < 4.78 is 5.83. The third kappa shape index (κ3) is 2.89. The molecule has 3 rings (SSSR count). The van der Waals surface area contributed by atoms with Gasteiger partial charge in [0.25, 0.3) is 0 Å². The molecule has 0 saturated carbocycles. The topological polar surface area (TPSA) is 24.5 Å². The fraction of sp³-hybridized carbons (Fsp3) is 1.00. The van der Waals surface area contributed by atoms with Crippen LogP contribution in [-0.4, -0.2) is 48.8 Å². The van der Waals surface area contributed by atoms with Crippen LogP contribution in [-0.2, 0) is 4.74 Å². The molecular formula is C15H28N2O. The van der Waals surface area contributed by atoms with E-state index in [1.807, 2.05) is 0 Å². The molecule has 0 spiro atoms. The molecule has 3 unspecified atom stereocenters. The Labute approximate surface area is 111 Å². The van der Waals surface area contributed by atoms with Crippen molar-refractivity contribution in [1.82, 2.24) is 10.2 Å². The highest BCUT2D eigenvalue weighted by atomic mass is 16.5. The Morgan fingerprint density at radius 1 is 1.17 bits per heavy atom. The van der Waals surface area contributed by atoms with Crippen LogP contribution >= 0.6 is 0 Å². The van der Waals surface area contributed by atoms with Crippen molar-refractivity contribution in [3.63, 3.8) is 0 Å². The van der Waals surface area contributed by atoms with Crippen LogP contribution in [0.2, 0.25) is 0 Å². The number of nitrogens with zero attached hydrogens (tertiary/aromatic N) is 1. The molecule has 0 amide bonds. The summed E-state index contributed by atoms with van der Waals surface area (Å²) in [5.74, 6) is 0. The highest BCUT2D eigenvalue weighted by Crippen LogP contribution is 2.30. The van der Waals surface area contributed by atoms with Gasteiger partial charge in [-0.05, 0) is 51.5 Å². The van der Waals surface area contributed by atoms with Gasteiger partial charge in [0.2, 0.25) is 0 Å². The average molecular weight is 252 g/mol. The Kier molecular flexibility index (Phi) is 4.22. The second-order valence-corrected chi connectivity index (χ2v) is 6.39. The van der Waals surface area contributed by atoms with Gasteiger partial charge < -0.3 is 10.1 Å². The van der Waals surface area contributed by atoms with E-state index in [9.17, 15) is 0 Å². The highest BCUT2D eigenvalue weighted by molar-refractivity contribution is 4.96. The summed E-state index contributed by atoms with van der Waals surface area (Å²) in [7, 11) is 0. The molecule has 0 aromatic heterocycles. The second-order valence-electron chi connectivity index (χ2n) is 6.39. The number of piperidine rings is 1. The minimum atomic E-state index is 0.518. The van der Waals surface area contributed by atoms with E-state index in [0.717, 1.165) is 24.7 Å². The van der Waals surface area contributed by atoms with Crippen LogP contribution in [0.25, 0.3) is 0 Å². The molecule has 0 aromatic carbocycles. The van der Waals surface area contributed by atoms with Gasteiger partial charge >= 0.3 is 0 Å². The Hall–Kier alpha value is -0.120. The summed E-state index contributed by atoms with van der Waals surface area (Å²) in [5.41, 5.74) is 0. The van der Waals surface area contributed by atoms with E-state index in [1.165, 1.54) is 58.0 Å². The van der Waals surface area contributed by atoms with Crippen molar-refractivity contribution >= 4 is 0 Å². The number of rotatable bonds is 5. The van der Waals surface area contributed by atoms with Gasteiger partial charge in [-0.15, -0.1) is 0 Å². The van der Waals surface area contributed by atoms with Crippen molar-refractivity contribution in [2.45, 2.75) is 76.1 Å². The smallest absolute Gasteiger partial charge is 0.0702 e. The molecule has 3 aliphatic heterocycles. The summed E-state index contributed by atoms with van der Waals surface area (Å²) in [6, 6.07) is 2.42. The monoisotopic (exact) mass is 252 g/mol. The fourth-order valence-electron chi connectivity index (χ4n) is 4.09. The zero-order valence-electron chi connectivity index (χ0n) is 11.7. The molecule has 3 heterocycles. The van der Waals surface area contributed by atoms with Crippen molar-refractivity contribution in [3.05, 3.63) is 0 Å². The summed E-state index contributed by atoms with van der Waals surface area (Å²) >= 11 is 0. The Morgan fingerprint density at radius 2 is 1.94 bits per heavy atom. The van der Waals surface area contributed by atoms with Gasteiger partial charge in [0.1, 0.15) is 0 Å². The Morgan fingerprint density at radius 3 is 2.56 bits per heavy atom. The molecule has 3 saturated heterocycles. The van der Waals surface area contributed by atoms with E-state index in [2.05, 4.69) is 17.1 Å². The van der Waals surface area contributed by atoms with Gasteiger partial charge in [0, 0.05) is 31.3 Å². The molecule has 0 aliphatic carbocycles. The standard InChI is InChI=1S/C15H28N2O/c1-2-7-17(11-15-4-3-8-18-15)14-9-12-5-6-13(10-14)16-12/h12-16H,2-11H2,1H3. The molecule has 3 nitrogen and oxygen atoms in total. The lowest BCUT2D eigenvalue weighted by molar-refractivity contribution is 0.0452. The van der Waals surface area contributed by atoms with Crippen LogP contribution in [0.3, 0.4) is 0 Å². The summed E-state index contributed by atoms with van der Waals surface area (Å²) in [6.45, 7) is 5.72. The van der Waals surface area contributed by atoms with Crippen LogP contribution in [0.5, 0.6) is 0 Å². The molecule has 18 heavy (non-hydrogen) atoms. The van der Waals surface area contributed by atoms with Crippen LogP contribution in [0.15, 0.2) is 0 Å². The lowest BCUT2D eigenvalue weighted by atomic mass is 9.97. The summed E-state index contributed by atoms with van der Waals surface area (Å²) in [6.07, 6.45) is 9.87. The summed E-state index contributed by atoms with van der Waals surface area (Å²) in [4.78, 5) is 2.74. The first-order chi connectivity index (χ1) is 8.85. The van der Waals surface area contributed by atoms with Crippen molar-refractivity contribution in [1.29, 1.82) is 0 Å². The second kappa shape index (κ2) is 5.89. The maximum Gasteiger partial charge on any atom is 0.0702 e. The lowest BCUT2D eigenvalue weighted by Gasteiger charge is -2.38. The van der Waals surface area contributed by atoms with Crippen LogP contribution in [0.1, 0.15) is 51.9 Å². The molecule has 2 bridgehead atoms. The Bertz CT molecular complexity index is 253. The van der Waals surface area contributed by atoms with Crippen molar-refractivity contribution < 1.29 is 4.74 Å². The first-order valence-corrected chi connectivity index (χ1v) is 7.97. The van der Waals surface area contributed by atoms with Crippen molar-refractivity contribution in [3.8, 4) is 0 Å². The maximum atomic E-state index is 5.83. The van der Waals surface area contributed by atoms with Crippen LogP contribution in [0, 0.1) is 0 Å². The zero-order valence-corrected chi connectivity index (χ0v) is 11.7. The van der Waals surface area contributed by atoms with Gasteiger partial charge in [-0.1, -0.05) is 6.92 Å². The first-order valence-electron chi connectivity index (χ1n) is 7.97. The molecule has 3 atom stereocenters. The SMILES string of the molecule is CCCN(CC1CCCO1)C1CC2CCC(C1)N2. The van der Waals surface area contributed by atoms with E-state index in [4.69, 9.17) is 4.74 Å². The number of fused-ring (bicyclic) bond motifs is 2. The first kappa shape index (κ1) is 12.9. The molecule has 3 fully saturated rings. The number of ether oxygens (including phenoxy) is 1. The Balaban J connectivity index is 1.57. The number of hydrogen-bond donors (Lipinski definition) is 1. The summed E-state index contributed by atoms with van der Waals surface area (Å²) in [5, 5.41) is 3.75. The molecular weight excluding hydrogens is 224 g/mol. The van der Waals surface area contributed by atoms with E-state index >= 15 is 0 Å². The third-order valence-electron chi connectivity index (χ3n) is 4.94. The molecule has 1 N–H and O–H groups in total. The lowest BCUT2D eigenvalue weighted by Crippen LogP contribution is -2.50. The average Bonchev–Trinajstić information content (AvgIpc) is 2.99. The van der Waals surface area contributed by atoms with Crippen molar-refractivity contribution in [2.24, 2.45) is 0 Å². The fourth-order valence-corrected chi connectivity index (χ4v) is 4.09. The van der Waals surface area contributed by atoms with Gasteiger partial charge in [-0.3, -0.25) is 4.90 Å². The molecule has 0 aromatic rings. The van der Waals surface area contributed by atoms with E-state index in [0.29, 0.717) is 6.10 Å². The van der Waals surface area contributed by atoms with Gasteiger partial charge in [0.15, 0.2) is 0 Å². The van der Waals surface area contributed by atoms with Crippen LogP contribution < -0.4 is 5.32 Å². The largest absolute Gasteiger partial charge is 0.377 e. The number of hydrogen-bond acceptors (Lipinski definition) is 3. The van der Waals surface area contributed by atoms with Gasteiger partial charge in [0.05, 0.1) is 6.10 Å². The zero-order chi connectivity index (χ0) is 12.4. The van der Waals surface area contributed by atoms with Gasteiger partial charge in [-0.25, -0.2) is 0 Å². The van der Waals surface area contributed by atoms with E-state index in [-0.39, 0.29) is 0 Å². The minimum Gasteiger partial charge on any atom is -0.377 e. The van der Waals surface area contributed by atoms with E-state index < -0.39 is 0 Å². The maximum absolute atomic E-state index is 5.83. The minimum absolute atomic E-state index is 0.518. The number of nitrogens with one attached hydrogen (secondary N) is 1. The highest BCUT2D eigenvalue weighted by Gasteiger charge is 2.36. The van der Waals surface area contributed by atoms with Gasteiger partial charge in [-0.2, -0.15) is 0 Å². The van der Waals surface area contributed by atoms with Crippen molar-refractivity contribution in [2.75, 3.05) is 19.7 Å². The molecule has 3 aliphatic rings.